The highest BCUT2D eigenvalue weighted by Gasteiger charge is 2.07. The van der Waals surface area contributed by atoms with Gasteiger partial charge in [-0.3, -0.25) is 0 Å². The lowest BCUT2D eigenvalue weighted by Gasteiger charge is -2.10. The minimum atomic E-state index is -0.974. The van der Waals surface area contributed by atoms with Crippen molar-refractivity contribution in [3.63, 3.8) is 0 Å². The quantitative estimate of drug-likeness (QED) is 0.781. The van der Waals surface area contributed by atoms with Gasteiger partial charge in [0.15, 0.2) is 0 Å². The van der Waals surface area contributed by atoms with Crippen molar-refractivity contribution in [2.75, 3.05) is 5.32 Å². The molecule has 104 valence electrons. The fraction of sp³-hybridized carbons (Fsp3) is 0.0714. The molecule has 20 heavy (non-hydrogen) atoms. The van der Waals surface area contributed by atoms with Gasteiger partial charge in [-0.25, -0.2) is 9.18 Å². The number of benzene rings is 2. The highest BCUT2D eigenvalue weighted by Crippen LogP contribution is 2.25. The Morgan fingerprint density at radius 1 is 1.15 bits per heavy atom. The molecule has 0 heterocycles. The number of carbonyl (C=O) groups is 1. The Morgan fingerprint density at radius 2 is 1.90 bits per heavy atom. The minimum Gasteiger partial charge on any atom is -0.478 e. The molecule has 2 N–H and O–H groups in total. The SMILES string of the molecule is O=C(O)c1ccc(CNc2cc(F)ccc2Br)c(Br)c1. The highest BCUT2D eigenvalue weighted by molar-refractivity contribution is 9.11. The van der Waals surface area contributed by atoms with Gasteiger partial charge in [0.25, 0.3) is 0 Å². The van der Waals surface area contributed by atoms with Crippen molar-refractivity contribution in [1.29, 1.82) is 0 Å². The summed E-state index contributed by atoms with van der Waals surface area (Å²) in [5.41, 5.74) is 1.73. The van der Waals surface area contributed by atoms with Crippen LogP contribution in [0, 0.1) is 5.82 Å². The third-order valence-electron chi connectivity index (χ3n) is 2.70. The van der Waals surface area contributed by atoms with Gasteiger partial charge in [0.1, 0.15) is 5.82 Å². The molecular formula is C14H10Br2FNO2. The molecule has 3 nitrogen and oxygen atoms in total. The molecule has 0 amide bonds. The van der Waals surface area contributed by atoms with Crippen LogP contribution in [0.4, 0.5) is 10.1 Å². The van der Waals surface area contributed by atoms with Crippen LogP contribution in [0.5, 0.6) is 0 Å². The summed E-state index contributed by atoms with van der Waals surface area (Å²) in [6.07, 6.45) is 0. The Bertz CT molecular complexity index is 662. The average Bonchev–Trinajstić information content (AvgIpc) is 2.40. The molecule has 6 heteroatoms. The van der Waals surface area contributed by atoms with E-state index in [0.29, 0.717) is 16.7 Å². The number of hydrogen-bond donors (Lipinski definition) is 2. The molecule has 0 fully saturated rings. The summed E-state index contributed by atoms with van der Waals surface area (Å²) in [7, 11) is 0. The van der Waals surface area contributed by atoms with Gasteiger partial charge in [0, 0.05) is 15.5 Å². The lowest BCUT2D eigenvalue weighted by molar-refractivity contribution is 0.0697. The lowest BCUT2D eigenvalue weighted by Crippen LogP contribution is -2.03. The van der Waals surface area contributed by atoms with Crippen LogP contribution in [-0.2, 0) is 6.54 Å². The summed E-state index contributed by atoms with van der Waals surface area (Å²) in [5.74, 6) is -1.30. The summed E-state index contributed by atoms with van der Waals surface area (Å²) in [5, 5.41) is 12.0. The lowest BCUT2D eigenvalue weighted by atomic mass is 10.1. The van der Waals surface area contributed by atoms with Crippen LogP contribution < -0.4 is 5.32 Å². The van der Waals surface area contributed by atoms with Gasteiger partial charge in [0.05, 0.1) is 11.3 Å². The Labute approximate surface area is 132 Å². The maximum absolute atomic E-state index is 13.2. The van der Waals surface area contributed by atoms with Crippen LogP contribution in [-0.4, -0.2) is 11.1 Å². The van der Waals surface area contributed by atoms with E-state index in [0.717, 1.165) is 10.0 Å². The van der Waals surface area contributed by atoms with Gasteiger partial charge >= 0.3 is 5.97 Å². The van der Waals surface area contributed by atoms with Crippen molar-refractivity contribution in [3.05, 3.63) is 62.3 Å². The van der Waals surface area contributed by atoms with E-state index in [4.69, 9.17) is 5.11 Å². The molecule has 2 aromatic carbocycles. The first-order chi connectivity index (χ1) is 9.47. The Balaban J connectivity index is 2.15. The molecule has 0 saturated heterocycles. The van der Waals surface area contributed by atoms with Gasteiger partial charge < -0.3 is 10.4 Å². The van der Waals surface area contributed by atoms with E-state index in [1.807, 2.05) is 0 Å². The summed E-state index contributed by atoms with van der Waals surface area (Å²) in [6.45, 7) is 0.447. The standard InChI is InChI=1S/C14H10Br2FNO2/c15-11-4-3-10(17)6-13(11)18-7-9-2-1-8(14(19)20)5-12(9)16/h1-6,18H,7H2,(H,19,20). The zero-order chi connectivity index (χ0) is 14.7. The molecule has 0 spiro atoms. The number of anilines is 1. The minimum absolute atomic E-state index is 0.215. The number of rotatable bonds is 4. The smallest absolute Gasteiger partial charge is 0.335 e. The number of carboxylic acids is 1. The molecule has 0 atom stereocenters. The second-order valence-electron chi connectivity index (χ2n) is 4.09. The zero-order valence-corrected chi connectivity index (χ0v) is 13.3. The number of halogens is 3. The molecule has 0 radical (unpaired) electrons. The summed E-state index contributed by atoms with van der Waals surface area (Å²) in [4.78, 5) is 10.8. The summed E-state index contributed by atoms with van der Waals surface area (Å²) >= 11 is 6.67. The second-order valence-corrected chi connectivity index (χ2v) is 5.80. The molecule has 0 unspecified atom stereocenters. The first kappa shape index (κ1) is 15.0. The number of aromatic carboxylic acids is 1. The van der Waals surface area contributed by atoms with Crippen molar-refractivity contribution in [1.82, 2.24) is 0 Å². The van der Waals surface area contributed by atoms with Crippen molar-refractivity contribution in [2.45, 2.75) is 6.54 Å². The molecule has 0 aliphatic carbocycles. The van der Waals surface area contributed by atoms with Crippen LogP contribution in [0.25, 0.3) is 0 Å². The van der Waals surface area contributed by atoms with E-state index in [1.165, 1.54) is 18.2 Å². The third kappa shape index (κ3) is 3.58. The van der Waals surface area contributed by atoms with E-state index < -0.39 is 5.97 Å². The van der Waals surface area contributed by atoms with Gasteiger partial charge in [-0.05, 0) is 51.8 Å². The largest absolute Gasteiger partial charge is 0.478 e. The van der Waals surface area contributed by atoms with Gasteiger partial charge in [-0.2, -0.15) is 0 Å². The van der Waals surface area contributed by atoms with Crippen LogP contribution in [0.3, 0.4) is 0 Å². The van der Waals surface area contributed by atoms with Crippen LogP contribution in [0.2, 0.25) is 0 Å². The van der Waals surface area contributed by atoms with E-state index in [1.54, 1.807) is 18.2 Å². The molecule has 0 aromatic heterocycles. The fourth-order valence-electron chi connectivity index (χ4n) is 1.65. The second kappa shape index (κ2) is 6.37. The highest BCUT2D eigenvalue weighted by atomic mass is 79.9. The van der Waals surface area contributed by atoms with E-state index in [2.05, 4.69) is 37.2 Å². The summed E-state index contributed by atoms with van der Waals surface area (Å²) < 4.78 is 14.6. The normalized spacial score (nSPS) is 10.3. The van der Waals surface area contributed by atoms with Crippen LogP contribution in [0.15, 0.2) is 45.3 Å². The maximum atomic E-state index is 13.2. The summed E-state index contributed by atoms with van der Waals surface area (Å²) in [6, 6.07) is 9.18. The molecule has 2 rings (SSSR count). The topological polar surface area (TPSA) is 49.3 Å². The molecule has 0 aliphatic heterocycles. The van der Waals surface area contributed by atoms with E-state index >= 15 is 0 Å². The third-order valence-corrected chi connectivity index (χ3v) is 4.13. The van der Waals surface area contributed by atoms with Crippen LogP contribution in [0.1, 0.15) is 15.9 Å². The Hall–Kier alpha value is -1.40. The van der Waals surface area contributed by atoms with Gasteiger partial charge in [-0.15, -0.1) is 0 Å². The number of nitrogens with one attached hydrogen (secondary N) is 1. The Kier molecular flexibility index (Phi) is 4.77. The molecular weight excluding hydrogens is 393 g/mol. The first-order valence-electron chi connectivity index (χ1n) is 5.68. The number of carboxylic acid groups (broad SMARTS) is 1. The first-order valence-corrected chi connectivity index (χ1v) is 7.26. The predicted octanol–water partition coefficient (Wildman–Crippen LogP) is 4.66. The predicted molar refractivity (Wildman–Crippen MR) is 82.5 cm³/mol. The van der Waals surface area contributed by atoms with Crippen molar-refractivity contribution >= 4 is 43.5 Å². The molecule has 2 aromatic rings. The fourth-order valence-corrected chi connectivity index (χ4v) is 2.55. The zero-order valence-electron chi connectivity index (χ0n) is 10.2. The van der Waals surface area contributed by atoms with Crippen molar-refractivity contribution in [3.8, 4) is 0 Å². The van der Waals surface area contributed by atoms with Crippen molar-refractivity contribution < 1.29 is 14.3 Å². The monoisotopic (exact) mass is 401 g/mol. The average molecular weight is 403 g/mol. The molecule has 0 saturated carbocycles. The van der Waals surface area contributed by atoms with Gasteiger partial charge in [-0.1, -0.05) is 22.0 Å². The van der Waals surface area contributed by atoms with Crippen LogP contribution >= 0.6 is 31.9 Å². The molecule has 0 bridgehead atoms. The van der Waals surface area contributed by atoms with Gasteiger partial charge in [0.2, 0.25) is 0 Å². The van der Waals surface area contributed by atoms with Crippen molar-refractivity contribution in [2.24, 2.45) is 0 Å². The Morgan fingerprint density at radius 3 is 2.55 bits per heavy atom. The number of hydrogen-bond acceptors (Lipinski definition) is 2. The molecule has 0 aliphatic rings. The van der Waals surface area contributed by atoms with E-state index in [-0.39, 0.29) is 11.4 Å². The maximum Gasteiger partial charge on any atom is 0.335 e. The van der Waals surface area contributed by atoms with E-state index in [9.17, 15) is 9.18 Å².